The Morgan fingerprint density at radius 3 is 2.60 bits per heavy atom. The number of quaternary nitrogens is 1. The van der Waals surface area contributed by atoms with Crippen LogP contribution in [0.2, 0.25) is 0 Å². The molecule has 0 saturated carbocycles. The summed E-state index contributed by atoms with van der Waals surface area (Å²) in [5.74, 6) is 0. The number of nitrogens with zero attached hydrogens (tertiary/aromatic N) is 4. The van der Waals surface area contributed by atoms with Gasteiger partial charge < -0.3 is 0 Å². The summed E-state index contributed by atoms with van der Waals surface area (Å²) in [6, 6.07) is 16.3. The van der Waals surface area contributed by atoms with Crippen LogP contribution in [0.3, 0.4) is 0 Å². The Labute approximate surface area is 186 Å². The molecule has 1 aromatic carbocycles. The standard InChI is InChI=1S/C24H21Cl2N4/c1-3-16-9-12-19(28-20(16)4-2)14-30-15-22(30)29(23(25)24(30)26)13-18-11-10-17-7-5-6-8-21(17)27-18/h3-12,22H,1-2,13-15H2/q+1. The molecule has 4 nitrogen and oxygen atoms in total. The van der Waals surface area contributed by atoms with E-state index in [-0.39, 0.29) is 6.17 Å². The summed E-state index contributed by atoms with van der Waals surface area (Å²) in [7, 11) is 0. The molecule has 2 atom stereocenters. The Bertz CT molecular complexity index is 1220. The highest BCUT2D eigenvalue weighted by Crippen LogP contribution is 2.53. The summed E-state index contributed by atoms with van der Waals surface area (Å²) in [6.45, 7) is 9.93. The van der Waals surface area contributed by atoms with Gasteiger partial charge in [-0.3, -0.25) is 9.88 Å². The van der Waals surface area contributed by atoms with E-state index >= 15 is 0 Å². The molecule has 2 aromatic heterocycles. The van der Waals surface area contributed by atoms with Crippen LogP contribution in [-0.4, -0.2) is 32.1 Å². The fourth-order valence-electron chi connectivity index (χ4n) is 4.28. The number of aromatic nitrogens is 2. The molecule has 1 fully saturated rings. The van der Waals surface area contributed by atoms with Crippen molar-refractivity contribution in [2.75, 3.05) is 6.54 Å². The van der Waals surface area contributed by atoms with E-state index in [2.05, 4.69) is 36.3 Å². The molecule has 0 N–H and O–H groups in total. The van der Waals surface area contributed by atoms with E-state index in [9.17, 15) is 0 Å². The Balaban J connectivity index is 1.39. The second kappa shape index (κ2) is 7.24. The zero-order valence-corrected chi connectivity index (χ0v) is 17.9. The van der Waals surface area contributed by atoms with Crippen LogP contribution >= 0.6 is 23.2 Å². The highest BCUT2D eigenvalue weighted by Gasteiger charge is 2.67. The topological polar surface area (TPSA) is 29.0 Å². The van der Waals surface area contributed by atoms with Gasteiger partial charge in [0.2, 0.25) is 11.3 Å². The molecule has 2 aliphatic heterocycles. The lowest BCUT2D eigenvalue weighted by Gasteiger charge is -2.16. The van der Waals surface area contributed by atoms with Crippen LogP contribution in [0.5, 0.6) is 0 Å². The van der Waals surface area contributed by atoms with Gasteiger partial charge in [0.1, 0.15) is 6.54 Å². The number of hydrogen-bond donors (Lipinski definition) is 0. The lowest BCUT2D eigenvalue weighted by Crippen LogP contribution is -2.27. The predicted octanol–water partition coefficient (Wildman–Crippen LogP) is 5.69. The van der Waals surface area contributed by atoms with Crippen LogP contribution in [0.1, 0.15) is 22.6 Å². The largest absolute Gasteiger partial charge is 0.296 e. The molecule has 150 valence electrons. The fraction of sp³-hybridized carbons (Fsp3) is 0.167. The van der Waals surface area contributed by atoms with Crippen LogP contribution in [0.15, 0.2) is 72.0 Å². The first kappa shape index (κ1) is 19.3. The molecule has 1 saturated heterocycles. The third-order valence-electron chi connectivity index (χ3n) is 5.96. The molecular formula is C24H21Cl2N4+. The lowest BCUT2D eigenvalue weighted by atomic mass is 10.1. The smallest absolute Gasteiger partial charge is 0.239 e. The van der Waals surface area contributed by atoms with Crippen molar-refractivity contribution in [1.29, 1.82) is 0 Å². The van der Waals surface area contributed by atoms with Gasteiger partial charge in [-0.15, -0.1) is 0 Å². The number of pyridine rings is 2. The molecule has 2 aliphatic rings. The Morgan fingerprint density at radius 2 is 1.80 bits per heavy atom. The minimum atomic E-state index is 0.214. The number of benzene rings is 1. The van der Waals surface area contributed by atoms with Gasteiger partial charge in [-0.1, -0.05) is 61.2 Å². The first-order valence-corrected chi connectivity index (χ1v) is 10.6. The Morgan fingerprint density at radius 1 is 1.00 bits per heavy atom. The maximum atomic E-state index is 6.74. The van der Waals surface area contributed by atoms with Crippen molar-refractivity contribution in [1.82, 2.24) is 14.9 Å². The summed E-state index contributed by atoms with van der Waals surface area (Å²) < 4.78 is 0.616. The number of para-hydroxylation sites is 1. The molecule has 0 amide bonds. The quantitative estimate of drug-likeness (QED) is 0.282. The molecule has 3 aromatic rings. The van der Waals surface area contributed by atoms with E-state index in [1.165, 1.54) is 0 Å². The number of halogens is 2. The van der Waals surface area contributed by atoms with Gasteiger partial charge in [-0.25, -0.2) is 9.47 Å². The van der Waals surface area contributed by atoms with E-state index in [0.29, 0.717) is 27.9 Å². The van der Waals surface area contributed by atoms with E-state index in [1.54, 1.807) is 12.2 Å². The summed E-state index contributed by atoms with van der Waals surface area (Å²) in [6.07, 6.45) is 3.76. The minimum Gasteiger partial charge on any atom is -0.296 e. The average Bonchev–Trinajstić information content (AvgIpc) is 3.46. The van der Waals surface area contributed by atoms with Crippen LogP contribution in [0.25, 0.3) is 23.1 Å². The second-order valence-electron chi connectivity index (χ2n) is 7.75. The molecule has 4 heterocycles. The molecule has 2 unspecified atom stereocenters. The molecule has 6 heteroatoms. The van der Waals surface area contributed by atoms with Gasteiger partial charge in [0.05, 0.1) is 29.1 Å². The molecule has 30 heavy (non-hydrogen) atoms. The third-order valence-corrected chi connectivity index (χ3v) is 6.97. The SMILES string of the molecule is C=Cc1ccc(C[N+]23CC2N(Cc2ccc4ccccc4n2)C(Cl)=C3Cl)nc1C=C. The van der Waals surface area contributed by atoms with Gasteiger partial charge in [-0.05, 0) is 41.4 Å². The van der Waals surface area contributed by atoms with Crippen LogP contribution < -0.4 is 0 Å². The number of hydrogen-bond acceptors (Lipinski definition) is 3. The maximum Gasteiger partial charge on any atom is 0.239 e. The maximum absolute atomic E-state index is 6.74. The fourth-order valence-corrected chi connectivity index (χ4v) is 4.97. The number of rotatable bonds is 6. The van der Waals surface area contributed by atoms with Gasteiger partial charge in [-0.2, -0.15) is 0 Å². The van der Waals surface area contributed by atoms with E-state index in [4.69, 9.17) is 33.2 Å². The van der Waals surface area contributed by atoms with Gasteiger partial charge in [0.15, 0.2) is 11.7 Å². The van der Waals surface area contributed by atoms with E-state index in [1.807, 2.05) is 30.3 Å². The molecule has 0 radical (unpaired) electrons. The minimum absolute atomic E-state index is 0.214. The van der Waals surface area contributed by atoms with Crippen LogP contribution in [0.4, 0.5) is 0 Å². The zero-order chi connectivity index (χ0) is 20.9. The van der Waals surface area contributed by atoms with Crippen molar-refractivity contribution in [2.24, 2.45) is 0 Å². The molecule has 0 aliphatic carbocycles. The first-order chi connectivity index (χ1) is 14.6. The van der Waals surface area contributed by atoms with Gasteiger partial charge in [0, 0.05) is 5.39 Å². The van der Waals surface area contributed by atoms with Crippen molar-refractivity contribution in [3.8, 4) is 0 Å². The Hall–Kier alpha value is -2.66. The van der Waals surface area contributed by atoms with E-state index < -0.39 is 0 Å². The number of fused-ring (bicyclic) bond motifs is 2. The van der Waals surface area contributed by atoms with Gasteiger partial charge >= 0.3 is 0 Å². The van der Waals surface area contributed by atoms with Crippen molar-refractivity contribution in [3.63, 3.8) is 0 Å². The molecule has 0 spiro atoms. The highest BCUT2D eigenvalue weighted by molar-refractivity contribution is 6.38. The van der Waals surface area contributed by atoms with E-state index in [0.717, 1.165) is 40.1 Å². The van der Waals surface area contributed by atoms with Crippen molar-refractivity contribution in [2.45, 2.75) is 19.3 Å². The molecule has 0 bridgehead atoms. The van der Waals surface area contributed by atoms with Crippen molar-refractivity contribution in [3.05, 3.63) is 94.6 Å². The third kappa shape index (κ3) is 3.03. The summed E-state index contributed by atoms with van der Waals surface area (Å²) in [4.78, 5) is 11.7. The highest BCUT2D eigenvalue weighted by atomic mass is 35.5. The van der Waals surface area contributed by atoms with Gasteiger partial charge in [0.25, 0.3) is 0 Å². The summed E-state index contributed by atoms with van der Waals surface area (Å²) in [5, 5.41) is 2.41. The second-order valence-corrected chi connectivity index (χ2v) is 8.46. The normalized spacial score (nSPS) is 22.3. The van der Waals surface area contributed by atoms with Crippen molar-refractivity contribution >= 4 is 46.3 Å². The summed E-state index contributed by atoms with van der Waals surface area (Å²) >= 11 is 13.4. The van der Waals surface area contributed by atoms with Crippen molar-refractivity contribution < 1.29 is 4.48 Å². The zero-order valence-electron chi connectivity index (χ0n) is 16.4. The molecule has 5 rings (SSSR count). The van der Waals surface area contributed by atoms with Crippen LogP contribution in [-0.2, 0) is 13.1 Å². The predicted molar refractivity (Wildman–Crippen MR) is 123 cm³/mol. The summed E-state index contributed by atoms with van der Waals surface area (Å²) in [5.41, 5.74) is 4.74. The lowest BCUT2D eigenvalue weighted by molar-refractivity contribution is -0.780. The Kier molecular flexibility index (Phi) is 4.66. The van der Waals surface area contributed by atoms with Crippen LogP contribution in [0, 0.1) is 0 Å². The average molecular weight is 436 g/mol. The molecular weight excluding hydrogens is 415 g/mol. The monoisotopic (exact) mass is 435 g/mol. The first-order valence-electron chi connectivity index (χ1n) is 9.84.